The average Bonchev–Trinajstić information content (AvgIpc) is 4.24. The topological polar surface area (TPSA) is 147 Å². The third-order valence-electron chi connectivity index (χ3n) is 14.9. The summed E-state index contributed by atoms with van der Waals surface area (Å²) >= 11 is 13.3. The van der Waals surface area contributed by atoms with E-state index in [1.807, 2.05) is 49.1 Å². The summed E-state index contributed by atoms with van der Waals surface area (Å²) in [6.07, 6.45) is 18.9. The summed E-state index contributed by atoms with van der Waals surface area (Å²) in [5.74, 6) is 15.3. The van der Waals surface area contributed by atoms with E-state index in [2.05, 4.69) is 117 Å². The monoisotopic (exact) mass is 1080 g/mol. The molecule has 0 radical (unpaired) electrons. The molecule has 0 bridgehead atoms. The van der Waals surface area contributed by atoms with Gasteiger partial charge in [-0.15, -0.1) is 0 Å². The number of aromatic nitrogens is 6. The second-order valence-electron chi connectivity index (χ2n) is 19.8. The number of carbonyl (C=O) groups is 1. The Kier molecular flexibility index (Phi) is 21.9. The number of likely N-dealkylation sites (tertiary alicyclic amines) is 1. The molecule has 8 heterocycles. The smallest absolute Gasteiger partial charge is 0.150 e. The van der Waals surface area contributed by atoms with Gasteiger partial charge in [0, 0.05) is 149 Å². The van der Waals surface area contributed by atoms with E-state index in [0.717, 1.165) is 137 Å². The van der Waals surface area contributed by atoms with Crippen molar-refractivity contribution in [2.45, 2.75) is 83.1 Å². The molecule has 4 aromatic heterocycles. The van der Waals surface area contributed by atoms with Crippen LogP contribution < -0.4 is 15.1 Å². The third kappa shape index (κ3) is 16.0. The lowest BCUT2D eigenvalue weighted by molar-refractivity contribution is 0.0610. The number of hydrogen-bond acceptors (Lipinski definition) is 13. The van der Waals surface area contributed by atoms with Gasteiger partial charge in [0.05, 0.1) is 10.0 Å². The first-order chi connectivity index (χ1) is 37.8. The minimum Gasteiger partial charge on any atom is -0.372 e. The van der Waals surface area contributed by atoms with E-state index in [0.29, 0.717) is 53.0 Å². The molecule has 0 unspecified atom stereocenters. The second kappa shape index (κ2) is 29.6. The summed E-state index contributed by atoms with van der Waals surface area (Å²) in [4.78, 5) is 47.3. The molecule has 2 atom stereocenters. The fraction of sp³-hybridized carbons (Fsp3) is 0.450. The van der Waals surface area contributed by atoms with Gasteiger partial charge in [0.25, 0.3) is 0 Å². The minimum atomic E-state index is 0.426. The predicted molar refractivity (Wildman–Crippen MR) is 310 cm³/mol. The first-order valence-electron chi connectivity index (χ1n) is 27.1. The SMILES string of the molecule is CC[C@H]1CN(c2ncc(-c3ncc[nH]3)cc2Cl)CCN1C1CCN(Cc2ccc(C#CCOC)cc2)CC1.CC[C@H]1CN(c2ncc(-c3ncc[nH]3)cc2Cl)CCN1C1CCNCC1.COCC#Cc1ccc(C=O)cc1. The van der Waals surface area contributed by atoms with Crippen molar-refractivity contribution in [1.82, 2.24) is 49.9 Å². The van der Waals surface area contributed by atoms with Crippen molar-refractivity contribution in [3.8, 4) is 46.5 Å². The molecule has 6 aromatic rings. The molecule has 0 aliphatic carbocycles. The molecular formula is C60H74Cl2N12O3. The summed E-state index contributed by atoms with van der Waals surface area (Å²) in [7, 11) is 3.27. The van der Waals surface area contributed by atoms with Crippen molar-refractivity contribution in [1.29, 1.82) is 0 Å². The molecule has 0 amide bonds. The number of piperazine rings is 2. The van der Waals surface area contributed by atoms with Crippen molar-refractivity contribution in [2.24, 2.45) is 0 Å². The highest BCUT2D eigenvalue weighted by Gasteiger charge is 2.35. The van der Waals surface area contributed by atoms with Crippen molar-refractivity contribution >= 4 is 41.1 Å². The van der Waals surface area contributed by atoms with E-state index in [4.69, 9.17) is 37.7 Å². The van der Waals surface area contributed by atoms with Crippen LogP contribution in [0.15, 0.2) is 97.8 Å². The summed E-state index contributed by atoms with van der Waals surface area (Å²) < 4.78 is 9.78. The quantitative estimate of drug-likeness (QED) is 0.0748. The molecule has 4 aliphatic rings. The van der Waals surface area contributed by atoms with Gasteiger partial charge in [0.1, 0.15) is 42.8 Å². The summed E-state index contributed by atoms with van der Waals surface area (Å²) in [5, 5.41) is 4.86. The molecule has 0 spiro atoms. The zero-order valence-corrected chi connectivity index (χ0v) is 46.6. The molecule has 10 rings (SSSR count). The van der Waals surface area contributed by atoms with E-state index in [1.54, 1.807) is 38.7 Å². The number of nitrogens with one attached hydrogen (secondary N) is 3. The van der Waals surface area contributed by atoms with Gasteiger partial charge in [-0.1, -0.05) is 85.0 Å². The zero-order chi connectivity index (χ0) is 53.8. The van der Waals surface area contributed by atoms with E-state index in [9.17, 15) is 4.79 Å². The number of rotatable bonds is 13. The number of carbonyl (C=O) groups excluding carboxylic acids is 1. The number of halogens is 2. The average molecular weight is 1080 g/mol. The molecule has 4 saturated heterocycles. The first-order valence-corrected chi connectivity index (χ1v) is 27.9. The molecule has 406 valence electrons. The number of ether oxygens (including phenoxy) is 2. The van der Waals surface area contributed by atoms with Crippen LogP contribution >= 0.6 is 23.2 Å². The van der Waals surface area contributed by atoms with Crippen LogP contribution in [0, 0.1) is 23.7 Å². The Labute approximate surface area is 465 Å². The number of hydrogen-bond donors (Lipinski definition) is 3. The van der Waals surface area contributed by atoms with Gasteiger partial charge in [-0.3, -0.25) is 19.5 Å². The second-order valence-corrected chi connectivity index (χ2v) is 20.6. The minimum absolute atomic E-state index is 0.426. The molecule has 15 nitrogen and oxygen atoms in total. The van der Waals surface area contributed by atoms with Gasteiger partial charge >= 0.3 is 0 Å². The van der Waals surface area contributed by atoms with Crippen molar-refractivity contribution in [3.05, 3.63) is 130 Å². The normalized spacial score (nSPS) is 18.7. The third-order valence-corrected chi connectivity index (χ3v) is 15.5. The Hall–Kier alpha value is -6.11. The Morgan fingerprint density at radius 2 is 1.12 bits per heavy atom. The van der Waals surface area contributed by atoms with Crippen LogP contribution in [-0.4, -0.2) is 168 Å². The zero-order valence-electron chi connectivity index (χ0n) is 45.1. The van der Waals surface area contributed by atoms with Crippen LogP contribution in [0.4, 0.5) is 11.6 Å². The fourth-order valence-corrected chi connectivity index (χ4v) is 11.4. The number of piperidine rings is 2. The maximum Gasteiger partial charge on any atom is 0.150 e. The van der Waals surface area contributed by atoms with Gasteiger partial charge in [-0.2, -0.15) is 0 Å². The van der Waals surface area contributed by atoms with Gasteiger partial charge in [-0.05, 0) is 107 Å². The molecule has 0 saturated carbocycles. The van der Waals surface area contributed by atoms with Gasteiger partial charge in [-0.25, -0.2) is 19.9 Å². The number of H-pyrrole nitrogens is 2. The van der Waals surface area contributed by atoms with Crippen LogP contribution in [0.25, 0.3) is 22.8 Å². The molecular weight excluding hydrogens is 1010 g/mol. The highest BCUT2D eigenvalue weighted by atomic mass is 35.5. The molecule has 17 heteroatoms. The highest BCUT2D eigenvalue weighted by molar-refractivity contribution is 6.33. The largest absolute Gasteiger partial charge is 0.372 e. The number of benzene rings is 2. The van der Waals surface area contributed by atoms with Crippen molar-refractivity contribution < 1.29 is 14.3 Å². The van der Waals surface area contributed by atoms with Crippen molar-refractivity contribution in [2.75, 3.05) is 103 Å². The van der Waals surface area contributed by atoms with Crippen LogP contribution in [0.3, 0.4) is 0 Å². The fourth-order valence-electron chi connectivity index (χ4n) is 10.8. The number of aromatic amines is 2. The van der Waals surface area contributed by atoms with Crippen LogP contribution in [-0.2, 0) is 16.0 Å². The number of nitrogens with zero attached hydrogens (tertiary/aromatic N) is 9. The molecule has 77 heavy (non-hydrogen) atoms. The van der Waals surface area contributed by atoms with E-state index in [-0.39, 0.29) is 0 Å². The first kappa shape index (κ1) is 57.1. The number of methoxy groups -OCH3 is 2. The summed E-state index contributed by atoms with van der Waals surface area (Å²) in [5.41, 5.74) is 5.78. The van der Waals surface area contributed by atoms with Crippen LogP contribution in [0.2, 0.25) is 10.0 Å². The Morgan fingerprint density at radius 1 is 0.636 bits per heavy atom. The van der Waals surface area contributed by atoms with E-state index in [1.165, 1.54) is 31.2 Å². The lowest BCUT2D eigenvalue weighted by atomic mass is 9.97. The van der Waals surface area contributed by atoms with Crippen LogP contribution in [0.5, 0.6) is 0 Å². The van der Waals surface area contributed by atoms with Gasteiger partial charge in [0.15, 0.2) is 0 Å². The van der Waals surface area contributed by atoms with Crippen LogP contribution in [0.1, 0.15) is 79.4 Å². The number of imidazole rings is 2. The maximum absolute atomic E-state index is 10.3. The van der Waals surface area contributed by atoms with E-state index < -0.39 is 0 Å². The molecule has 4 fully saturated rings. The summed E-state index contributed by atoms with van der Waals surface area (Å²) in [6, 6.07) is 22.1. The molecule has 4 aliphatic heterocycles. The highest BCUT2D eigenvalue weighted by Crippen LogP contribution is 2.33. The lowest BCUT2D eigenvalue weighted by Gasteiger charge is -2.47. The number of pyridine rings is 2. The Bertz CT molecular complexity index is 2850. The lowest BCUT2D eigenvalue weighted by Crippen LogP contribution is -2.58. The summed E-state index contributed by atoms with van der Waals surface area (Å²) in [6.45, 7) is 17.1. The Balaban J connectivity index is 0.000000173. The Morgan fingerprint density at radius 3 is 1.55 bits per heavy atom. The number of aldehydes is 1. The maximum atomic E-state index is 10.3. The number of anilines is 2. The standard InChI is InChI=1S/C30H37ClN6O.C19H27ClN6.C11H10O2/c1-3-26-22-36(30-28(31)19-25(20-34-30)29-32-12-13-33-29)16-17-37(26)27-10-14-35(15-11-27)21-24-8-6-23(7-9-24)5-4-18-38-2;1-2-15-13-25(9-10-26(15)16-3-5-21-6-4-16)19-17(20)11-14(12-24-19)18-22-7-8-23-18;1-13-8-2-3-10-4-6-11(9-12)7-5-10/h6-9,12-13,19-20,26-27H,3,10-11,14-18,21-22H2,1-2H3,(H,32,33);7-8,11-12,15-16,21H,2-6,9-10,13H2,1H3,(H,22,23);4-7,9H,8H2,1H3/t26-;15-;/m00./s1. The van der Waals surface area contributed by atoms with Gasteiger partial charge < -0.3 is 34.6 Å². The predicted octanol–water partition coefficient (Wildman–Crippen LogP) is 8.96. The molecule has 3 N–H and O–H groups in total. The molecule has 2 aromatic carbocycles. The van der Waals surface area contributed by atoms with E-state index >= 15 is 0 Å². The van der Waals surface area contributed by atoms with Crippen molar-refractivity contribution in [3.63, 3.8) is 0 Å². The van der Waals surface area contributed by atoms with Gasteiger partial charge in [0.2, 0.25) is 0 Å².